The van der Waals surface area contributed by atoms with Crippen molar-refractivity contribution in [2.75, 3.05) is 18.4 Å². The number of benzene rings is 1. The van der Waals surface area contributed by atoms with Crippen LogP contribution < -0.4 is 5.32 Å². The largest absolute Gasteiger partial charge is 0.324 e. The molecule has 1 aromatic carbocycles. The Balaban J connectivity index is 1.68. The van der Waals surface area contributed by atoms with E-state index in [1.165, 1.54) is 5.56 Å². The standard InChI is InChI=1S/C19H27N5O/c1-3-8-15-9-5-6-11-17(15)21-19(25)24-12-7-10-16(13-24)18-22-20-14-23(18)4-2/h5-6,9,11,14,16H,3-4,7-8,10,12-13H2,1-2H3,(H,21,25)/t16-/m1/s1. The fraction of sp³-hybridized carbons (Fsp3) is 0.526. The maximum Gasteiger partial charge on any atom is 0.321 e. The van der Waals surface area contributed by atoms with Gasteiger partial charge in [-0.3, -0.25) is 0 Å². The fourth-order valence-corrected chi connectivity index (χ4v) is 3.52. The van der Waals surface area contributed by atoms with Crippen molar-refractivity contribution in [2.24, 2.45) is 0 Å². The third-order valence-electron chi connectivity index (χ3n) is 4.84. The van der Waals surface area contributed by atoms with Crippen molar-refractivity contribution in [1.29, 1.82) is 0 Å². The number of carbonyl (C=O) groups excluding carboxylic acids is 1. The van der Waals surface area contributed by atoms with Gasteiger partial charge >= 0.3 is 6.03 Å². The van der Waals surface area contributed by atoms with Crippen molar-refractivity contribution in [1.82, 2.24) is 19.7 Å². The van der Waals surface area contributed by atoms with Crippen molar-refractivity contribution in [3.8, 4) is 0 Å². The summed E-state index contributed by atoms with van der Waals surface area (Å²) in [6.07, 6.45) is 5.85. The van der Waals surface area contributed by atoms with Crippen molar-refractivity contribution >= 4 is 11.7 Å². The molecule has 1 fully saturated rings. The summed E-state index contributed by atoms with van der Waals surface area (Å²) < 4.78 is 2.07. The second-order valence-corrected chi connectivity index (χ2v) is 6.60. The second-order valence-electron chi connectivity index (χ2n) is 6.60. The van der Waals surface area contributed by atoms with Crippen molar-refractivity contribution in [2.45, 2.75) is 52.0 Å². The normalized spacial score (nSPS) is 17.5. The lowest BCUT2D eigenvalue weighted by Gasteiger charge is -2.32. The zero-order chi connectivity index (χ0) is 17.6. The number of nitrogens with zero attached hydrogens (tertiary/aromatic N) is 4. The van der Waals surface area contributed by atoms with Crippen LogP contribution in [-0.4, -0.2) is 38.8 Å². The van der Waals surface area contributed by atoms with Crippen LogP contribution in [0.4, 0.5) is 10.5 Å². The van der Waals surface area contributed by atoms with E-state index in [2.05, 4.69) is 40.0 Å². The van der Waals surface area contributed by atoms with E-state index >= 15 is 0 Å². The molecule has 1 aliphatic rings. The SMILES string of the molecule is CCCc1ccccc1NC(=O)N1CCC[C@@H](c2nncn2CC)C1. The van der Waals surface area contributed by atoms with Crippen LogP contribution in [0.2, 0.25) is 0 Å². The highest BCUT2D eigenvalue weighted by molar-refractivity contribution is 5.90. The molecule has 2 heterocycles. The van der Waals surface area contributed by atoms with Crippen LogP contribution in [0.25, 0.3) is 0 Å². The number of nitrogens with one attached hydrogen (secondary N) is 1. The number of aryl methyl sites for hydroxylation is 2. The molecule has 3 rings (SSSR count). The molecule has 1 aliphatic heterocycles. The highest BCUT2D eigenvalue weighted by atomic mass is 16.2. The van der Waals surface area contributed by atoms with E-state index in [4.69, 9.17) is 0 Å². The Labute approximate surface area is 149 Å². The van der Waals surface area contributed by atoms with Gasteiger partial charge in [0.05, 0.1) is 0 Å². The van der Waals surface area contributed by atoms with Gasteiger partial charge in [-0.25, -0.2) is 4.79 Å². The maximum atomic E-state index is 12.8. The molecular formula is C19H27N5O. The minimum atomic E-state index is -0.0178. The fourth-order valence-electron chi connectivity index (χ4n) is 3.52. The van der Waals surface area contributed by atoms with Crippen LogP contribution in [0.3, 0.4) is 0 Å². The van der Waals surface area contributed by atoms with Crippen LogP contribution in [0.5, 0.6) is 0 Å². The molecule has 1 atom stereocenters. The minimum absolute atomic E-state index is 0.0178. The predicted octanol–water partition coefficient (Wildman–Crippen LogP) is 3.66. The minimum Gasteiger partial charge on any atom is -0.324 e. The summed E-state index contributed by atoms with van der Waals surface area (Å²) in [6.45, 7) is 6.58. The number of anilines is 1. The van der Waals surface area contributed by atoms with E-state index in [-0.39, 0.29) is 11.9 Å². The smallest absolute Gasteiger partial charge is 0.321 e. The first-order chi connectivity index (χ1) is 12.2. The van der Waals surface area contributed by atoms with Gasteiger partial charge in [-0.2, -0.15) is 0 Å². The molecule has 2 aromatic rings. The third-order valence-corrected chi connectivity index (χ3v) is 4.84. The summed E-state index contributed by atoms with van der Waals surface area (Å²) in [7, 11) is 0. The first kappa shape index (κ1) is 17.5. The monoisotopic (exact) mass is 341 g/mol. The van der Waals surface area contributed by atoms with Crippen LogP contribution in [-0.2, 0) is 13.0 Å². The van der Waals surface area contributed by atoms with E-state index in [0.29, 0.717) is 6.54 Å². The van der Waals surface area contributed by atoms with Crippen LogP contribution in [0, 0.1) is 0 Å². The van der Waals surface area contributed by atoms with Crippen molar-refractivity contribution < 1.29 is 4.79 Å². The molecule has 0 spiro atoms. The molecule has 1 saturated heterocycles. The quantitative estimate of drug-likeness (QED) is 0.902. The summed E-state index contributed by atoms with van der Waals surface area (Å²) in [5.41, 5.74) is 2.12. The molecule has 0 saturated carbocycles. The topological polar surface area (TPSA) is 63.1 Å². The second kappa shape index (κ2) is 8.14. The Bertz CT molecular complexity index is 711. The Kier molecular flexibility index (Phi) is 5.68. The molecule has 25 heavy (non-hydrogen) atoms. The molecule has 2 amide bonds. The van der Waals surface area contributed by atoms with Crippen LogP contribution in [0.15, 0.2) is 30.6 Å². The molecule has 0 radical (unpaired) electrons. The van der Waals surface area contributed by atoms with Gasteiger partial charge in [-0.1, -0.05) is 31.5 Å². The molecule has 6 heteroatoms. The number of amides is 2. The first-order valence-electron chi connectivity index (χ1n) is 9.24. The van der Waals surface area contributed by atoms with Gasteiger partial charge in [0, 0.05) is 31.2 Å². The highest BCUT2D eigenvalue weighted by Crippen LogP contribution is 2.26. The number of hydrogen-bond acceptors (Lipinski definition) is 3. The molecule has 0 aliphatic carbocycles. The number of likely N-dealkylation sites (tertiary alicyclic amines) is 1. The number of urea groups is 1. The number of piperidine rings is 1. The molecular weight excluding hydrogens is 314 g/mol. The molecule has 6 nitrogen and oxygen atoms in total. The molecule has 1 N–H and O–H groups in total. The Morgan fingerprint density at radius 3 is 2.96 bits per heavy atom. The zero-order valence-electron chi connectivity index (χ0n) is 15.1. The van der Waals surface area contributed by atoms with Crippen molar-refractivity contribution in [3.05, 3.63) is 42.0 Å². The van der Waals surface area contributed by atoms with Gasteiger partial charge in [-0.05, 0) is 37.8 Å². The number of aromatic nitrogens is 3. The van der Waals surface area contributed by atoms with E-state index in [1.54, 1.807) is 6.33 Å². The van der Waals surface area contributed by atoms with Gasteiger partial charge in [0.2, 0.25) is 0 Å². The average Bonchev–Trinajstić information content (AvgIpc) is 3.12. The molecule has 0 unspecified atom stereocenters. The number of rotatable bonds is 5. The van der Waals surface area contributed by atoms with Gasteiger partial charge in [-0.15, -0.1) is 10.2 Å². The van der Waals surface area contributed by atoms with Gasteiger partial charge in [0.15, 0.2) is 0 Å². The van der Waals surface area contributed by atoms with Crippen LogP contribution in [0.1, 0.15) is 50.4 Å². The van der Waals surface area contributed by atoms with E-state index < -0.39 is 0 Å². The zero-order valence-corrected chi connectivity index (χ0v) is 15.1. The van der Waals surface area contributed by atoms with Crippen molar-refractivity contribution in [3.63, 3.8) is 0 Å². The first-order valence-corrected chi connectivity index (χ1v) is 9.24. The maximum absolute atomic E-state index is 12.8. The molecule has 0 bridgehead atoms. The van der Waals surface area contributed by atoms with Gasteiger partial charge in [0.1, 0.15) is 12.2 Å². The highest BCUT2D eigenvalue weighted by Gasteiger charge is 2.28. The summed E-state index contributed by atoms with van der Waals surface area (Å²) in [5, 5.41) is 11.4. The predicted molar refractivity (Wildman–Crippen MR) is 98.7 cm³/mol. The summed E-state index contributed by atoms with van der Waals surface area (Å²) in [5.74, 6) is 1.25. The lowest BCUT2D eigenvalue weighted by Crippen LogP contribution is -2.42. The molecule has 134 valence electrons. The summed E-state index contributed by atoms with van der Waals surface area (Å²) in [6, 6.07) is 8.04. The Morgan fingerprint density at radius 1 is 1.32 bits per heavy atom. The summed E-state index contributed by atoms with van der Waals surface area (Å²) in [4.78, 5) is 14.7. The summed E-state index contributed by atoms with van der Waals surface area (Å²) >= 11 is 0. The third kappa shape index (κ3) is 4.00. The van der Waals surface area contributed by atoms with Gasteiger partial charge < -0.3 is 14.8 Å². The van der Waals surface area contributed by atoms with E-state index in [1.807, 2.05) is 23.1 Å². The van der Waals surface area contributed by atoms with Gasteiger partial charge in [0.25, 0.3) is 0 Å². The Hall–Kier alpha value is -2.37. The van der Waals surface area contributed by atoms with E-state index in [0.717, 1.165) is 50.3 Å². The Morgan fingerprint density at radius 2 is 2.16 bits per heavy atom. The lowest BCUT2D eigenvalue weighted by molar-refractivity contribution is 0.190. The molecule has 1 aromatic heterocycles. The van der Waals surface area contributed by atoms with E-state index in [9.17, 15) is 4.79 Å². The average molecular weight is 341 g/mol. The number of hydrogen-bond donors (Lipinski definition) is 1. The number of para-hydroxylation sites is 1. The van der Waals surface area contributed by atoms with Crippen LogP contribution >= 0.6 is 0 Å². The number of carbonyl (C=O) groups is 1. The lowest BCUT2D eigenvalue weighted by atomic mass is 9.97.